The van der Waals surface area contributed by atoms with E-state index in [4.69, 9.17) is 9.47 Å². The highest BCUT2D eigenvalue weighted by atomic mass is 19.1. The van der Waals surface area contributed by atoms with Crippen molar-refractivity contribution < 1.29 is 18.7 Å². The molecule has 0 spiro atoms. The summed E-state index contributed by atoms with van der Waals surface area (Å²) in [5, 5.41) is 5.61. The van der Waals surface area contributed by atoms with Gasteiger partial charge in [-0.2, -0.15) is 0 Å². The van der Waals surface area contributed by atoms with Gasteiger partial charge in [0.15, 0.2) is 11.6 Å². The van der Waals surface area contributed by atoms with Gasteiger partial charge in [0, 0.05) is 13.7 Å². The lowest BCUT2D eigenvalue weighted by Crippen LogP contribution is -2.51. The van der Waals surface area contributed by atoms with Crippen molar-refractivity contribution in [1.82, 2.24) is 10.6 Å². The molecule has 22 heavy (non-hydrogen) atoms. The summed E-state index contributed by atoms with van der Waals surface area (Å²) in [6.45, 7) is 2.29. The smallest absolute Gasteiger partial charge is 0.315 e. The van der Waals surface area contributed by atoms with Gasteiger partial charge in [-0.3, -0.25) is 0 Å². The van der Waals surface area contributed by atoms with Crippen LogP contribution in [0.2, 0.25) is 0 Å². The summed E-state index contributed by atoms with van der Waals surface area (Å²) < 4.78 is 24.0. The normalized spacial score (nSPS) is 17.3. The number of amides is 2. The zero-order valence-corrected chi connectivity index (χ0v) is 13.2. The van der Waals surface area contributed by atoms with E-state index in [1.54, 1.807) is 26.2 Å². The maximum Gasteiger partial charge on any atom is 0.315 e. The van der Waals surface area contributed by atoms with Crippen molar-refractivity contribution in [1.29, 1.82) is 0 Å². The van der Waals surface area contributed by atoms with Crippen molar-refractivity contribution in [2.45, 2.75) is 37.8 Å². The number of nitrogens with one attached hydrogen (secondary N) is 2. The summed E-state index contributed by atoms with van der Waals surface area (Å²) in [6, 6.07) is 4.06. The minimum absolute atomic E-state index is 0.187. The topological polar surface area (TPSA) is 59.6 Å². The zero-order chi connectivity index (χ0) is 16.2. The minimum Gasteiger partial charge on any atom is -0.494 e. The van der Waals surface area contributed by atoms with Crippen LogP contribution in [0.15, 0.2) is 18.2 Å². The number of urea groups is 1. The molecule has 2 rings (SSSR count). The van der Waals surface area contributed by atoms with Crippen molar-refractivity contribution in [2.75, 3.05) is 20.8 Å². The maximum atomic E-state index is 13.7. The van der Waals surface area contributed by atoms with Gasteiger partial charge in [0.25, 0.3) is 0 Å². The summed E-state index contributed by atoms with van der Waals surface area (Å²) in [7, 11) is 3.08. The molecule has 1 aliphatic carbocycles. The molecule has 0 unspecified atom stereocenters. The first-order chi connectivity index (χ1) is 10.5. The second-order valence-electron chi connectivity index (χ2n) is 5.68. The third-order valence-corrected chi connectivity index (χ3v) is 4.29. The Morgan fingerprint density at radius 2 is 2.14 bits per heavy atom. The van der Waals surface area contributed by atoms with Crippen LogP contribution in [0.4, 0.5) is 9.18 Å². The molecule has 0 aromatic heterocycles. The zero-order valence-electron chi connectivity index (χ0n) is 13.2. The summed E-state index contributed by atoms with van der Waals surface area (Å²) in [5.74, 6) is -0.255. The summed E-state index contributed by atoms with van der Waals surface area (Å²) in [4.78, 5) is 11.9. The Hall–Kier alpha value is -1.82. The number of rotatable bonds is 6. The van der Waals surface area contributed by atoms with Gasteiger partial charge in [0.1, 0.15) is 0 Å². The van der Waals surface area contributed by atoms with E-state index in [0.717, 1.165) is 19.3 Å². The van der Waals surface area contributed by atoms with Gasteiger partial charge in [0.2, 0.25) is 0 Å². The van der Waals surface area contributed by atoms with Crippen molar-refractivity contribution in [3.63, 3.8) is 0 Å². The Kier molecular flexibility index (Phi) is 5.24. The number of hydrogen-bond acceptors (Lipinski definition) is 3. The number of benzene rings is 1. The number of halogens is 1. The van der Waals surface area contributed by atoms with Gasteiger partial charge >= 0.3 is 6.03 Å². The van der Waals surface area contributed by atoms with Gasteiger partial charge in [-0.05, 0) is 43.9 Å². The van der Waals surface area contributed by atoms with E-state index in [9.17, 15) is 9.18 Å². The van der Waals surface area contributed by atoms with E-state index in [2.05, 4.69) is 10.6 Å². The number of carbonyl (C=O) groups is 1. The Bertz CT molecular complexity index is 527. The van der Waals surface area contributed by atoms with Crippen LogP contribution < -0.4 is 15.4 Å². The lowest BCUT2D eigenvalue weighted by Gasteiger charge is -2.40. The Balaban J connectivity index is 1.87. The lowest BCUT2D eigenvalue weighted by molar-refractivity contribution is -0.0674. The van der Waals surface area contributed by atoms with Crippen LogP contribution in [-0.4, -0.2) is 32.4 Å². The SMILES string of the molecule is COc1ccc([C@H](C)NC(=O)NCC2(OC)CCC2)cc1F. The molecular formula is C16H23FN2O3. The predicted octanol–water partition coefficient (Wildman–Crippen LogP) is 2.76. The molecule has 6 heteroatoms. The molecular weight excluding hydrogens is 287 g/mol. The molecule has 122 valence electrons. The number of methoxy groups -OCH3 is 2. The lowest BCUT2D eigenvalue weighted by atomic mass is 9.80. The Morgan fingerprint density at radius 1 is 1.41 bits per heavy atom. The van der Waals surface area contributed by atoms with Crippen molar-refractivity contribution in [3.05, 3.63) is 29.6 Å². The molecule has 5 nitrogen and oxygen atoms in total. The van der Waals surface area contributed by atoms with Gasteiger partial charge in [-0.1, -0.05) is 6.07 Å². The molecule has 0 bridgehead atoms. The predicted molar refractivity (Wildman–Crippen MR) is 81.5 cm³/mol. The third kappa shape index (κ3) is 3.68. The van der Waals surface area contributed by atoms with Crippen LogP contribution >= 0.6 is 0 Å². The first-order valence-electron chi connectivity index (χ1n) is 7.42. The fourth-order valence-electron chi connectivity index (χ4n) is 2.55. The van der Waals surface area contributed by atoms with Gasteiger partial charge < -0.3 is 20.1 Å². The molecule has 0 saturated heterocycles. The van der Waals surface area contributed by atoms with Crippen LogP contribution in [-0.2, 0) is 4.74 Å². The maximum absolute atomic E-state index is 13.7. The molecule has 0 radical (unpaired) electrons. The van der Waals surface area contributed by atoms with Gasteiger partial charge in [0.05, 0.1) is 18.8 Å². The van der Waals surface area contributed by atoms with Crippen LogP contribution in [0.25, 0.3) is 0 Å². The number of hydrogen-bond donors (Lipinski definition) is 2. The highest BCUT2D eigenvalue weighted by Gasteiger charge is 2.37. The van der Waals surface area contributed by atoms with Crippen LogP contribution in [0.5, 0.6) is 5.75 Å². The molecule has 1 fully saturated rings. The van der Waals surface area contributed by atoms with Crippen LogP contribution in [0.3, 0.4) is 0 Å². The highest BCUT2D eigenvalue weighted by molar-refractivity contribution is 5.74. The van der Waals surface area contributed by atoms with Crippen molar-refractivity contribution in [2.24, 2.45) is 0 Å². The molecule has 2 amide bonds. The molecule has 0 heterocycles. The highest BCUT2D eigenvalue weighted by Crippen LogP contribution is 2.34. The Labute approximate surface area is 130 Å². The summed E-state index contributed by atoms with van der Waals surface area (Å²) in [6.07, 6.45) is 3.05. The number of ether oxygens (including phenoxy) is 2. The van der Waals surface area contributed by atoms with Crippen LogP contribution in [0, 0.1) is 5.82 Å². The molecule has 1 atom stereocenters. The van der Waals surface area contributed by atoms with Crippen molar-refractivity contribution in [3.8, 4) is 5.75 Å². The second kappa shape index (κ2) is 6.96. The van der Waals surface area contributed by atoms with Gasteiger partial charge in [-0.15, -0.1) is 0 Å². The van der Waals surface area contributed by atoms with Crippen molar-refractivity contribution >= 4 is 6.03 Å². The fourth-order valence-corrected chi connectivity index (χ4v) is 2.55. The van der Waals surface area contributed by atoms with E-state index in [1.165, 1.54) is 13.2 Å². The minimum atomic E-state index is -0.443. The molecule has 1 saturated carbocycles. The van der Waals surface area contributed by atoms with E-state index >= 15 is 0 Å². The first-order valence-corrected chi connectivity index (χ1v) is 7.42. The standard InChI is InChI=1S/C16H23FN2O3/c1-11(12-5-6-14(21-2)13(17)9-12)19-15(20)18-10-16(22-3)7-4-8-16/h5-6,9,11H,4,7-8,10H2,1-3H3,(H2,18,19,20)/t11-/m0/s1. The molecule has 1 aliphatic rings. The van der Waals surface area contributed by atoms with E-state index in [1.807, 2.05) is 0 Å². The summed E-state index contributed by atoms with van der Waals surface area (Å²) in [5.41, 5.74) is 0.464. The summed E-state index contributed by atoms with van der Waals surface area (Å²) >= 11 is 0. The molecule has 2 N–H and O–H groups in total. The average molecular weight is 310 g/mol. The monoisotopic (exact) mass is 310 g/mol. The molecule has 1 aromatic carbocycles. The fraction of sp³-hybridized carbons (Fsp3) is 0.562. The third-order valence-electron chi connectivity index (χ3n) is 4.29. The molecule has 1 aromatic rings. The van der Waals surface area contributed by atoms with Crippen LogP contribution in [0.1, 0.15) is 37.8 Å². The quantitative estimate of drug-likeness (QED) is 0.849. The number of carbonyl (C=O) groups excluding carboxylic acids is 1. The molecule has 0 aliphatic heterocycles. The van der Waals surface area contributed by atoms with E-state index < -0.39 is 5.82 Å². The second-order valence-corrected chi connectivity index (χ2v) is 5.68. The van der Waals surface area contributed by atoms with E-state index in [-0.39, 0.29) is 23.4 Å². The van der Waals surface area contributed by atoms with E-state index in [0.29, 0.717) is 12.1 Å². The first kappa shape index (κ1) is 16.5. The van der Waals surface area contributed by atoms with Gasteiger partial charge in [-0.25, -0.2) is 9.18 Å². The largest absolute Gasteiger partial charge is 0.494 e. The average Bonchev–Trinajstić information content (AvgIpc) is 2.46. The Morgan fingerprint density at radius 3 is 2.64 bits per heavy atom.